The van der Waals surface area contributed by atoms with Gasteiger partial charge in [-0.05, 0) is 61.0 Å². The van der Waals surface area contributed by atoms with Crippen LogP contribution in [0.4, 0.5) is 8.78 Å². The number of imidazole rings is 1. The largest absolute Gasteiger partial charge is 0.501 e. The highest BCUT2D eigenvalue weighted by atomic mass is 35.5. The molecule has 0 aliphatic heterocycles. The van der Waals surface area contributed by atoms with E-state index in [0.29, 0.717) is 62.0 Å². The molecule has 0 amide bonds. The van der Waals surface area contributed by atoms with Gasteiger partial charge in [-0.1, -0.05) is 35.5 Å². The fourth-order valence-electron chi connectivity index (χ4n) is 4.15. The first kappa shape index (κ1) is 26.9. The first-order valence-corrected chi connectivity index (χ1v) is 13.5. The number of nitrogens with zero attached hydrogens (tertiary/aromatic N) is 3. The molecule has 0 fully saturated rings. The minimum absolute atomic E-state index is 0.178. The lowest BCUT2D eigenvalue weighted by Crippen LogP contribution is -2.10. The third-order valence-electron chi connectivity index (χ3n) is 5.99. The fourth-order valence-corrected chi connectivity index (χ4v) is 5.52. The zero-order valence-corrected chi connectivity index (χ0v) is 22.6. The summed E-state index contributed by atoms with van der Waals surface area (Å²) in [6.45, 7) is 4.05. The molecule has 1 atom stereocenters. The predicted molar refractivity (Wildman–Crippen MR) is 148 cm³/mol. The van der Waals surface area contributed by atoms with E-state index in [1.54, 1.807) is 60.0 Å². The second kappa shape index (κ2) is 11.6. The van der Waals surface area contributed by atoms with Gasteiger partial charge in [0.2, 0.25) is 0 Å². The molecular formula is C29H24ClF2N3O3S. The van der Waals surface area contributed by atoms with Crippen molar-refractivity contribution in [2.75, 3.05) is 6.61 Å². The summed E-state index contributed by atoms with van der Waals surface area (Å²) < 4.78 is 41.2. The van der Waals surface area contributed by atoms with Gasteiger partial charge >= 0.3 is 0 Å². The van der Waals surface area contributed by atoms with E-state index in [2.05, 4.69) is 4.98 Å². The minimum Gasteiger partial charge on any atom is -0.501 e. The molecule has 0 aliphatic carbocycles. The number of benzene rings is 3. The zero-order chi connectivity index (χ0) is 27.5. The average molecular weight is 568 g/mol. The number of fused-ring (bicyclic) bond motifs is 1. The molecule has 0 saturated heterocycles. The summed E-state index contributed by atoms with van der Waals surface area (Å²) in [7, 11) is 0. The van der Waals surface area contributed by atoms with Crippen molar-refractivity contribution in [1.82, 2.24) is 14.5 Å². The molecule has 39 heavy (non-hydrogen) atoms. The van der Waals surface area contributed by atoms with Crippen LogP contribution in [0.3, 0.4) is 0 Å². The van der Waals surface area contributed by atoms with Crippen LogP contribution in [0.5, 0.6) is 0 Å². The molecule has 0 aliphatic rings. The number of rotatable bonds is 9. The molecule has 0 bridgehead atoms. The van der Waals surface area contributed by atoms with Gasteiger partial charge in [-0.3, -0.25) is 4.57 Å². The molecule has 6 nitrogen and oxygen atoms in total. The Balaban J connectivity index is 1.66. The Kier molecular flexibility index (Phi) is 8.02. The molecular weight excluding hydrogens is 544 g/mol. The van der Waals surface area contributed by atoms with Gasteiger partial charge < -0.3 is 14.3 Å². The Morgan fingerprint density at radius 2 is 1.92 bits per heavy atom. The molecule has 0 spiro atoms. The molecule has 1 N–H and O–H groups in total. The highest BCUT2D eigenvalue weighted by Crippen LogP contribution is 2.36. The van der Waals surface area contributed by atoms with Crippen molar-refractivity contribution < 1.29 is 23.0 Å². The summed E-state index contributed by atoms with van der Waals surface area (Å²) in [5.41, 5.74) is 3.48. The van der Waals surface area contributed by atoms with Crippen LogP contribution in [0.25, 0.3) is 22.9 Å². The average Bonchev–Trinajstić information content (AvgIpc) is 3.47. The lowest BCUT2D eigenvalue weighted by atomic mass is 10.0. The molecule has 0 radical (unpaired) electrons. The number of halogens is 3. The smallest absolute Gasteiger partial charge is 0.192 e. The molecule has 2 heterocycles. The zero-order valence-electron chi connectivity index (χ0n) is 21.1. The molecule has 2 aromatic heterocycles. The first-order chi connectivity index (χ1) is 18.9. The summed E-state index contributed by atoms with van der Waals surface area (Å²) in [6.07, 6.45) is 1.99. The normalized spacial score (nSPS) is 12.5. The minimum atomic E-state index is -1.16. The van der Waals surface area contributed by atoms with Crippen molar-refractivity contribution >= 4 is 40.5 Å². The van der Waals surface area contributed by atoms with Crippen LogP contribution in [0.1, 0.15) is 41.4 Å². The van der Waals surface area contributed by atoms with Crippen molar-refractivity contribution in [3.05, 3.63) is 112 Å². The van der Waals surface area contributed by atoms with Crippen LogP contribution in [0.15, 0.2) is 76.5 Å². The monoisotopic (exact) mass is 567 g/mol. The number of oxazole rings is 1. The van der Waals surface area contributed by atoms with E-state index in [1.807, 2.05) is 6.92 Å². The molecule has 10 heteroatoms. The molecule has 5 aromatic rings. The van der Waals surface area contributed by atoms with E-state index in [4.69, 9.17) is 25.7 Å². The number of aryl methyl sites for hydroxylation is 1. The number of hydrogen-bond acceptors (Lipinski definition) is 6. The number of ether oxygens (including phenoxy) is 1. The fraction of sp³-hybridized carbons (Fsp3) is 0.172. The Bertz CT molecular complexity index is 1630. The highest BCUT2D eigenvalue weighted by molar-refractivity contribution is 7.98. The van der Waals surface area contributed by atoms with Crippen LogP contribution in [-0.2, 0) is 10.5 Å². The lowest BCUT2D eigenvalue weighted by Gasteiger charge is -2.17. The van der Waals surface area contributed by atoms with Gasteiger partial charge in [0.05, 0.1) is 24.3 Å². The number of aromatic nitrogens is 3. The van der Waals surface area contributed by atoms with Gasteiger partial charge in [-0.25, -0.2) is 18.7 Å². The van der Waals surface area contributed by atoms with E-state index in [1.165, 1.54) is 36.2 Å². The van der Waals surface area contributed by atoms with E-state index in [0.717, 1.165) is 0 Å². The number of thioether (sulfide) groups is 1. The number of aliphatic hydroxyl groups excluding tert-OH is 1. The summed E-state index contributed by atoms with van der Waals surface area (Å²) in [4.78, 5) is 9.10. The van der Waals surface area contributed by atoms with Crippen molar-refractivity contribution in [2.24, 2.45) is 0 Å². The maximum atomic E-state index is 14.5. The van der Waals surface area contributed by atoms with Crippen LogP contribution in [0, 0.1) is 18.6 Å². The maximum absolute atomic E-state index is 14.5. The van der Waals surface area contributed by atoms with Gasteiger partial charge in [0.25, 0.3) is 0 Å². The first-order valence-electron chi connectivity index (χ1n) is 12.1. The summed E-state index contributed by atoms with van der Waals surface area (Å²) in [5.74, 6) is -0.144. The Morgan fingerprint density at radius 3 is 2.67 bits per heavy atom. The number of hydrogen-bond donors (Lipinski definition) is 1. The second-order valence-corrected chi connectivity index (χ2v) is 9.94. The van der Waals surface area contributed by atoms with Crippen LogP contribution in [0.2, 0.25) is 5.02 Å². The Hall–Kier alpha value is -3.66. The van der Waals surface area contributed by atoms with Crippen LogP contribution >= 0.6 is 23.4 Å². The molecule has 5 rings (SSSR count). The third kappa shape index (κ3) is 5.71. The van der Waals surface area contributed by atoms with Gasteiger partial charge in [0, 0.05) is 35.0 Å². The molecule has 3 aromatic carbocycles. The predicted octanol–water partition coefficient (Wildman–Crippen LogP) is 7.63. The molecule has 1 unspecified atom stereocenters. The van der Waals surface area contributed by atoms with E-state index in [9.17, 15) is 13.9 Å². The Morgan fingerprint density at radius 1 is 1.13 bits per heavy atom. The molecule has 200 valence electrons. The van der Waals surface area contributed by atoms with E-state index in [-0.39, 0.29) is 5.75 Å². The van der Waals surface area contributed by atoms with Gasteiger partial charge in [0.1, 0.15) is 23.3 Å². The lowest BCUT2D eigenvalue weighted by molar-refractivity contribution is 0.212. The summed E-state index contributed by atoms with van der Waals surface area (Å²) in [6, 6.07) is 15.6. The maximum Gasteiger partial charge on any atom is 0.192 e. The topological polar surface area (TPSA) is 73.3 Å². The third-order valence-corrected chi connectivity index (χ3v) is 7.30. The quantitative estimate of drug-likeness (QED) is 0.146. The van der Waals surface area contributed by atoms with Gasteiger partial charge in [-0.15, -0.1) is 0 Å². The summed E-state index contributed by atoms with van der Waals surface area (Å²) >= 11 is 7.51. The standard InChI is InChI=1S/C29H24ClF2N3O3S/c1-3-37-14-13-25-27(28(36)18-7-12-24-26(15-18)38-17(2)33-24)35(20-10-8-19(31)9-11-20)29(34-25)39-16-21-22(30)5-4-6-23(21)32/h4-15,28,36H,3,16H2,1-2H3. The van der Waals surface area contributed by atoms with E-state index < -0.39 is 17.7 Å². The van der Waals surface area contributed by atoms with Crippen LogP contribution < -0.4 is 0 Å². The molecule has 0 saturated carbocycles. The van der Waals surface area contributed by atoms with Crippen molar-refractivity contribution in [3.8, 4) is 5.69 Å². The van der Waals surface area contributed by atoms with Gasteiger partial charge in [0.15, 0.2) is 16.6 Å². The van der Waals surface area contributed by atoms with Crippen molar-refractivity contribution in [1.29, 1.82) is 0 Å². The SMILES string of the molecule is CCOC=Cc1nc(SCc2c(F)cccc2Cl)n(-c2ccc(F)cc2)c1C(O)c1ccc2nc(C)oc2c1. The highest BCUT2D eigenvalue weighted by Gasteiger charge is 2.26. The van der Waals surface area contributed by atoms with Crippen molar-refractivity contribution in [2.45, 2.75) is 30.9 Å². The van der Waals surface area contributed by atoms with Gasteiger partial charge in [-0.2, -0.15) is 0 Å². The number of aliphatic hydroxyl groups is 1. The second-order valence-electron chi connectivity index (χ2n) is 8.59. The van der Waals surface area contributed by atoms with Crippen LogP contribution in [-0.4, -0.2) is 26.2 Å². The Labute approximate surface area is 232 Å². The van der Waals surface area contributed by atoms with Crippen molar-refractivity contribution in [3.63, 3.8) is 0 Å². The van der Waals surface area contributed by atoms with E-state index >= 15 is 0 Å². The summed E-state index contributed by atoms with van der Waals surface area (Å²) in [5, 5.41) is 12.5.